The third-order valence-electron chi connectivity index (χ3n) is 4.84. The number of amides is 1. The molecule has 173 valence electrons. The van der Waals surface area contributed by atoms with Gasteiger partial charge in [-0.15, -0.1) is 0 Å². The van der Waals surface area contributed by atoms with Crippen LogP contribution in [-0.2, 0) is 46.7 Å². The summed E-state index contributed by atoms with van der Waals surface area (Å²) in [6.45, 7) is 5.36. The number of benzene rings is 1. The van der Waals surface area contributed by atoms with Crippen molar-refractivity contribution in [2.45, 2.75) is 38.5 Å². The molecule has 0 aliphatic carbocycles. The van der Waals surface area contributed by atoms with Gasteiger partial charge in [0, 0.05) is 39.9 Å². The van der Waals surface area contributed by atoms with Gasteiger partial charge < -0.3 is 20.0 Å². The Labute approximate surface area is 198 Å². The largest absolute Gasteiger partial charge is 0.469 e. The van der Waals surface area contributed by atoms with Gasteiger partial charge in [-0.25, -0.2) is 8.42 Å². The van der Waals surface area contributed by atoms with Gasteiger partial charge in [-0.3, -0.25) is 14.3 Å². The Balaban J connectivity index is 0.00000480. The van der Waals surface area contributed by atoms with Crippen molar-refractivity contribution in [1.82, 2.24) is 9.97 Å². The minimum Gasteiger partial charge on any atom is -0.469 e. The van der Waals surface area contributed by atoms with Crippen molar-refractivity contribution in [2.75, 3.05) is 12.4 Å². The van der Waals surface area contributed by atoms with Crippen LogP contribution in [0.4, 0.5) is 11.6 Å². The Morgan fingerprint density at radius 2 is 1.77 bits per heavy atom. The van der Waals surface area contributed by atoms with Crippen molar-refractivity contribution in [1.29, 1.82) is 0 Å². The zero-order valence-electron chi connectivity index (χ0n) is 17.6. The molecule has 2 aromatic rings. The van der Waals surface area contributed by atoms with E-state index in [1.165, 1.54) is 43.8 Å². The number of carbonyl (C=O) groups excluding carboxylic acids is 2. The first kappa shape index (κ1) is 26.8. The number of aromatic nitrogens is 2. The summed E-state index contributed by atoms with van der Waals surface area (Å²) >= 11 is 0. The Morgan fingerprint density at radius 3 is 2.29 bits per heavy atom. The summed E-state index contributed by atoms with van der Waals surface area (Å²) < 4.78 is 33.1. The third kappa shape index (κ3) is 7.13. The second-order valence-electron chi connectivity index (χ2n) is 7.14. The smallest absolute Gasteiger partial charge is 0.311 e. The Kier molecular flexibility index (Phi) is 9.82. The molecule has 0 bridgehead atoms. The van der Waals surface area contributed by atoms with E-state index in [9.17, 15) is 18.0 Å². The molecular formula is C20H25AgN4O5S-. The van der Waals surface area contributed by atoms with E-state index >= 15 is 0 Å². The summed E-state index contributed by atoms with van der Waals surface area (Å²) in [5.74, 6) is -1.25. The molecule has 0 spiro atoms. The van der Waals surface area contributed by atoms with E-state index in [0.717, 1.165) is 0 Å². The zero-order chi connectivity index (χ0) is 22.4. The fourth-order valence-electron chi connectivity index (χ4n) is 2.86. The maximum absolute atomic E-state index is 12.5. The molecule has 1 N–H and O–H groups in total. The Bertz CT molecular complexity index is 986. The zero-order valence-corrected chi connectivity index (χ0v) is 19.9. The van der Waals surface area contributed by atoms with Crippen LogP contribution in [0, 0.1) is 11.3 Å². The standard InChI is InChI=1S/C20H26N4O5S.Ag/c1-5-20(3,18(26)29-4)13-14(2)17(25)23-15-7-9-16(10-8-15)30(27,28)24-19-21-11-6-12-22-19;/h6-12,14H,5,13H2,1-4H3,(H2,21,22,23,24,25);/p-1. The fraction of sp³-hybridized carbons (Fsp3) is 0.400. The van der Waals surface area contributed by atoms with E-state index in [1.54, 1.807) is 19.9 Å². The topological polar surface area (TPSA) is 129 Å². The minimum absolute atomic E-state index is 0. The number of nitrogens with zero attached hydrogens (tertiary/aromatic N) is 3. The first-order valence-corrected chi connectivity index (χ1v) is 10.8. The molecule has 0 saturated heterocycles. The molecule has 9 nitrogen and oxygen atoms in total. The van der Waals surface area contributed by atoms with Crippen LogP contribution in [0.1, 0.15) is 33.6 Å². The maximum Gasteiger partial charge on any atom is 0.311 e. The third-order valence-corrected chi connectivity index (χ3v) is 6.11. The molecule has 11 heteroatoms. The van der Waals surface area contributed by atoms with Crippen molar-refractivity contribution in [3.63, 3.8) is 0 Å². The summed E-state index contributed by atoms with van der Waals surface area (Å²) in [5.41, 5.74) is -0.331. The van der Waals surface area contributed by atoms with Gasteiger partial charge in [-0.05, 0) is 56.4 Å². The molecule has 2 rings (SSSR count). The summed E-state index contributed by atoms with van der Waals surface area (Å²) in [6.07, 6.45) is 3.65. The number of carbonyl (C=O) groups is 2. The molecule has 1 amide bonds. The van der Waals surface area contributed by atoms with E-state index in [-0.39, 0.29) is 45.1 Å². The number of hydrogen-bond acceptors (Lipinski definition) is 7. The van der Waals surface area contributed by atoms with Gasteiger partial charge in [-0.1, -0.05) is 19.9 Å². The number of rotatable bonds is 9. The summed E-state index contributed by atoms with van der Waals surface area (Å²) in [6, 6.07) is 7.17. The van der Waals surface area contributed by atoms with Gasteiger partial charge in [0.1, 0.15) is 0 Å². The molecular weight excluding hydrogens is 516 g/mol. The van der Waals surface area contributed by atoms with Gasteiger partial charge in [0.05, 0.1) is 17.4 Å². The average Bonchev–Trinajstić information content (AvgIpc) is 2.73. The Hall–Kier alpha value is -2.27. The van der Waals surface area contributed by atoms with Gasteiger partial charge in [-0.2, -0.15) is 0 Å². The predicted molar refractivity (Wildman–Crippen MR) is 112 cm³/mol. The van der Waals surface area contributed by atoms with Crippen LogP contribution in [0.5, 0.6) is 0 Å². The maximum atomic E-state index is 12.5. The molecule has 2 unspecified atom stereocenters. The molecule has 0 saturated carbocycles. The van der Waals surface area contributed by atoms with Crippen molar-refractivity contribution in [2.24, 2.45) is 11.3 Å². The second kappa shape index (κ2) is 11.4. The first-order chi connectivity index (χ1) is 14.1. The number of methoxy groups -OCH3 is 1. The number of sulfonamides is 1. The normalized spacial score (nSPS) is 13.8. The Morgan fingerprint density at radius 1 is 1.19 bits per heavy atom. The molecule has 0 aliphatic heterocycles. The average molecular weight is 541 g/mol. The van der Waals surface area contributed by atoms with Crippen LogP contribution in [0.15, 0.2) is 47.6 Å². The summed E-state index contributed by atoms with van der Waals surface area (Å²) in [7, 11) is -2.65. The molecule has 1 aromatic heterocycles. The van der Waals surface area contributed by atoms with E-state index in [1.807, 2.05) is 6.92 Å². The van der Waals surface area contributed by atoms with Crippen molar-refractivity contribution in [3.8, 4) is 0 Å². The van der Waals surface area contributed by atoms with E-state index in [4.69, 9.17) is 4.74 Å². The van der Waals surface area contributed by atoms with Gasteiger partial charge >= 0.3 is 5.97 Å². The molecule has 0 fully saturated rings. The molecule has 0 aliphatic rings. The van der Waals surface area contributed by atoms with E-state index in [2.05, 4.69) is 20.0 Å². The fourth-order valence-corrected chi connectivity index (χ4v) is 3.76. The van der Waals surface area contributed by atoms with Crippen molar-refractivity contribution in [3.05, 3.63) is 47.4 Å². The van der Waals surface area contributed by atoms with E-state index in [0.29, 0.717) is 18.5 Å². The van der Waals surface area contributed by atoms with Gasteiger partial charge in [0.15, 0.2) is 0 Å². The number of hydrogen-bond donors (Lipinski definition) is 1. The summed E-state index contributed by atoms with van der Waals surface area (Å²) in [4.78, 5) is 32.0. The van der Waals surface area contributed by atoms with Crippen LogP contribution in [0.2, 0.25) is 0 Å². The first-order valence-electron chi connectivity index (χ1n) is 9.35. The van der Waals surface area contributed by atoms with Gasteiger partial charge in [0.2, 0.25) is 15.9 Å². The number of ether oxygens (including phenoxy) is 1. The monoisotopic (exact) mass is 540 g/mol. The van der Waals surface area contributed by atoms with Crippen LogP contribution < -0.4 is 5.32 Å². The second-order valence-corrected chi connectivity index (χ2v) is 8.74. The van der Waals surface area contributed by atoms with E-state index < -0.39 is 21.4 Å². The van der Waals surface area contributed by atoms with Gasteiger partial charge in [0.25, 0.3) is 0 Å². The van der Waals surface area contributed by atoms with Crippen LogP contribution in [0.25, 0.3) is 4.72 Å². The molecule has 1 heterocycles. The molecule has 31 heavy (non-hydrogen) atoms. The van der Waals surface area contributed by atoms with Crippen LogP contribution in [-0.4, -0.2) is 37.4 Å². The molecule has 1 aromatic carbocycles. The van der Waals surface area contributed by atoms with Crippen molar-refractivity contribution < 1.29 is 45.1 Å². The van der Waals surface area contributed by atoms with Crippen LogP contribution >= 0.6 is 0 Å². The predicted octanol–water partition coefficient (Wildman–Crippen LogP) is 3.42. The number of nitrogens with one attached hydrogen (secondary N) is 1. The number of esters is 1. The number of anilines is 1. The van der Waals surface area contributed by atoms with Crippen LogP contribution in [0.3, 0.4) is 0 Å². The van der Waals surface area contributed by atoms with Crippen molar-refractivity contribution >= 4 is 33.5 Å². The quantitative estimate of drug-likeness (QED) is 0.381. The molecule has 1 radical (unpaired) electrons. The minimum atomic E-state index is -3.98. The molecule has 2 atom stereocenters. The summed E-state index contributed by atoms with van der Waals surface area (Å²) in [5, 5.41) is 2.73. The SMILES string of the molecule is CCC(C)(CC(C)C(=O)Nc1ccc(S(=O)(=O)[N-]c2ncccn2)cc1)C(=O)OC.[Ag].